The van der Waals surface area contributed by atoms with Gasteiger partial charge in [-0.25, -0.2) is 4.98 Å². The lowest BCUT2D eigenvalue weighted by Crippen LogP contribution is -2.48. The fourth-order valence-electron chi connectivity index (χ4n) is 3.47. The fraction of sp³-hybridized carbons (Fsp3) is 0.650. The van der Waals surface area contributed by atoms with E-state index in [1.165, 1.54) is 19.8 Å². The van der Waals surface area contributed by atoms with E-state index >= 15 is 0 Å². The zero-order valence-electron chi connectivity index (χ0n) is 16.5. The minimum atomic E-state index is -0.529. The Hall–Kier alpha value is -1.95. The monoisotopic (exact) mass is 358 g/mol. The smallest absolute Gasteiger partial charge is 0.272 e. The van der Waals surface area contributed by atoms with Crippen molar-refractivity contribution >= 4 is 17.8 Å². The fourth-order valence-corrected chi connectivity index (χ4v) is 3.47. The molecule has 2 aliphatic rings. The lowest BCUT2D eigenvalue weighted by Gasteiger charge is -2.29. The summed E-state index contributed by atoms with van der Waals surface area (Å²) in [7, 11) is 2.05. The number of likely N-dealkylation sites (N-methyl/N-ethyl adjacent to an activating group) is 1. The molecule has 0 aromatic carbocycles. The summed E-state index contributed by atoms with van der Waals surface area (Å²) in [6, 6.07) is -0.529. The van der Waals surface area contributed by atoms with Gasteiger partial charge in [-0.1, -0.05) is 26.8 Å². The first-order valence-corrected chi connectivity index (χ1v) is 9.44. The second-order valence-electron chi connectivity index (χ2n) is 8.73. The van der Waals surface area contributed by atoms with Gasteiger partial charge < -0.3 is 9.88 Å². The summed E-state index contributed by atoms with van der Waals surface area (Å²) in [6.07, 6.45) is 6.73. The molecule has 142 valence electrons. The molecule has 26 heavy (non-hydrogen) atoms. The van der Waals surface area contributed by atoms with Gasteiger partial charge >= 0.3 is 0 Å². The van der Waals surface area contributed by atoms with Crippen LogP contribution in [0.3, 0.4) is 0 Å². The molecular formula is C20H30N4O2. The van der Waals surface area contributed by atoms with E-state index in [1.54, 1.807) is 0 Å². The number of carbonyl (C=O) groups excluding carboxylic acids is 2. The molecule has 1 aromatic rings. The van der Waals surface area contributed by atoms with Crippen molar-refractivity contribution in [1.82, 2.24) is 19.8 Å². The lowest BCUT2D eigenvalue weighted by molar-refractivity contribution is -0.121. The Bertz CT molecular complexity index is 738. The van der Waals surface area contributed by atoms with Crippen molar-refractivity contribution in [1.29, 1.82) is 0 Å². The van der Waals surface area contributed by atoms with Gasteiger partial charge in [0.25, 0.3) is 5.91 Å². The first-order chi connectivity index (χ1) is 12.2. The van der Waals surface area contributed by atoms with Gasteiger partial charge in [-0.3, -0.25) is 14.5 Å². The Balaban J connectivity index is 1.90. The molecule has 1 aliphatic heterocycles. The highest BCUT2D eigenvalue weighted by atomic mass is 16.2. The molecule has 0 bridgehead atoms. The molecular weight excluding hydrogens is 328 g/mol. The zero-order chi connectivity index (χ0) is 19.1. The number of imidazole rings is 1. The number of ketones is 1. The van der Waals surface area contributed by atoms with Crippen molar-refractivity contribution in [3.05, 3.63) is 23.3 Å². The molecule has 6 nitrogen and oxygen atoms in total. The van der Waals surface area contributed by atoms with Crippen molar-refractivity contribution < 1.29 is 9.59 Å². The molecule has 1 atom stereocenters. The third-order valence-corrected chi connectivity index (χ3v) is 5.13. The molecule has 0 saturated heterocycles. The van der Waals surface area contributed by atoms with Gasteiger partial charge in [0, 0.05) is 19.6 Å². The average molecular weight is 358 g/mol. The van der Waals surface area contributed by atoms with E-state index < -0.39 is 6.04 Å². The Morgan fingerprint density at radius 3 is 2.54 bits per heavy atom. The summed E-state index contributed by atoms with van der Waals surface area (Å²) in [5.41, 5.74) is 1.04. The number of hydrogen-bond acceptors (Lipinski definition) is 4. The molecule has 3 rings (SSSR count). The number of amides is 1. The number of nitrogens with one attached hydrogen (secondary N) is 1. The molecule has 2 heterocycles. The SMILES string of the molecule is CC(=O)[C@@H](NC(=O)c1nc(/C=C/C2CC2)n2c1CN(C)CC2)C(C)(C)C. The van der Waals surface area contributed by atoms with Crippen LogP contribution in [0.5, 0.6) is 0 Å². The molecule has 1 amide bonds. The van der Waals surface area contributed by atoms with Gasteiger partial charge in [-0.2, -0.15) is 0 Å². The number of allylic oxidation sites excluding steroid dienone is 1. The van der Waals surface area contributed by atoms with Crippen molar-refractivity contribution in [2.45, 2.75) is 59.7 Å². The first-order valence-electron chi connectivity index (χ1n) is 9.44. The van der Waals surface area contributed by atoms with Crippen LogP contribution in [0.1, 0.15) is 62.5 Å². The summed E-state index contributed by atoms with van der Waals surface area (Å²) < 4.78 is 2.15. The van der Waals surface area contributed by atoms with Gasteiger partial charge in [0.05, 0.1) is 11.7 Å². The van der Waals surface area contributed by atoms with Crippen molar-refractivity contribution in [3.63, 3.8) is 0 Å². The topological polar surface area (TPSA) is 67.2 Å². The van der Waals surface area contributed by atoms with Gasteiger partial charge in [-0.15, -0.1) is 0 Å². The van der Waals surface area contributed by atoms with E-state index in [2.05, 4.69) is 31.9 Å². The highest BCUT2D eigenvalue weighted by Gasteiger charge is 2.33. The Morgan fingerprint density at radius 1 is 1.27 bits per heavy atom. The van der Waals surface area contributed by atoms with Crippen molar-refractivity contribution in [2.24, 2.45) is 11.3 Å². The highest BCUT2D eigenvalue weighted by molar-refractivity contribution is 5.97. The summed E-state index contributed by atoms with van der Waals surface area (Å²) >= 11 is 0. The maximum atomic E-state index is 13.0. The second kappa shape index (κ2) is 6.99. The quantitative estimate of drug-likeness (QED) is 0.878. The Morgan fingerprint density at radius 2 is 1.96 bits per heavy atom. The van der Waals surface area contributed by atoms with E-state index in [1.807, 2.05) is 27.8 Å². The van der Waals surface area contributed by atoms with Crippen LogP contribution in [0.25, 0.3) is 6.08 Å². The van der Waals surface area contributed by atoms with Crippen LogP contribution < -0.4 is 5.32 Å². The van der Waals surface area contributed by atoms with Gasteiger partial charge in [0.2, 0.25) is 0 Å². The molecule has 1 N–H and O–H groups in total. The minimum absolute atomic E-state index is 0.0371. The molecule has 1 fully saturated rings. The summed E-state index contributed by atoms with van der Waals surface area (Å²) in [4.78, 5) is 31.8. The third kappa shape index (κ3) is 4.06. The van der Waals surface area contributed by atoms with Crippen LogP contribution in [0, 0.1) is 11.3 Å². The molecule has 1 aliphatic carbocycles. The predicted molar refractivity (Wildman–Crippen MR) is 102 cm³/mol. The van der Waals surface area contributed by atoms with Gasteiger partial charge in [0.15, 0.2) is 11.5 Å². The normalized spacial score (nSPS) is 19.4. The predicted octanol–water partition coefficient (Wildman–Crippen LogP) is 2.49. The summed E-state index contributed by atoms with van der Waals surface area (Å²) in [6.45, 7) is 9.85. The van der Waals surface area contributed by atoms with E-state index in [-0.39, 0.29) is 17.1 Å². The van der Waals surface area contributed by atoms with Crippen LogP contribution in [0.15, 0.2) is 6.08 Å². The number of aromatic nitrogens is 2. The lowest BCUT2D eigenvalue weighted by atomic mass is 9.84. The van der Waals surface area contributed by atoms with Gasteiger partial charge in [-0.05, 0) is 44.2 Å². The molecule has 0 unspecified atom stereocenters. The highest BCUT2D eigenvalue weighted by Crippen LogP contribution is 2.31. The molecule has 0 radical (unpaired) electrons. The van der Waals surface area contributed by atoms with Crippen LogP contribution in [0.2, 0.25) is 0 Å². The first kappa shape index (κ1) is 18.8. The summed E-state index contributed by atoms with van der Waals surface area (Å²) in [5.74, 6) is 1.21. The standard InChI is InChI=1S/C20H30N4O2/c1-13(25)18(20(2,3)4)22-19(26)17-15-12-23(5)10-11-24(15)16(21-17)9-8-14-6-7-14/h8-9,14,18H,6-7,10-12H2,1-5H3,(H,22,26)/b9-8+/t18-/m1/s1. The maximum Gasteiger partial charge on any atom is 0.272 e. The van der Waals surface area contributed by atoms with Crippen LogP contribution in [0.4, 0.5) is 0 Å². The second-order valence-corrected chi connectivity index (χ2v) is 8.73. The largest absolute Gasteiger partial charge is 0.340 e. The zero-order valence-corrected chi connectivity index (χ0v) is 16.5. The van der Waals surface area contributed by atoms with Crippen molar-refractivity contribution in [2.75, 3.05) is 13.6 Å². The van der Waals surface area contributed by atoms with Crippen LogP contribution in [-0.2, 0) is 17.9 Å². The van der Waals surface area contributed by atoms with E-state index in [0.717, 1.165) is 24.6 Å². The number of carbonyl (C=O) groups is 2. The Labute approximate surface area is 155 Å². The van der Waals surface area contributed by atoms with Crippen LogP contribution in [-0.4, -0.2) is 45.8 Å². The molecule has 1 saturated carbocycles. The average Bonchev–Trinajstić information content (AvgIpc) is 3.30. The molecule has 6 heteroatoms. The van der Waals surface area contributed by atoms with E-state index in [4.69, 9.17) is 0 Å². The Kier molecular flexibility index (Phi) is 5.06. The maximum absolute atomic E-state index is 13.0. The number of nitrogens with zero attached hydrogens (tertiary/aromatic N) is 3. The third-order valence-electron chi connectivity index (χ3n) is 5.13. The van der Waals surface area contributed by atoms with Gasteiger partial charge in [0.1, 0.15) is 5.82 Å². The van der Waals surface area contributed by atoms with E-state index in [0.29, 0.717) is 18.2 Å². The van der Waals surface area contributed by atoms with E-state index in [9.17, 15) is 9.59 Å². The number of Topliss-reactive ketones (excluding diaryl/α,β-unsaturated/α-hetero) is 1. The minimum Gasteiger partial charge on any atom is -0.340 e. The molecule has 0 spiro atoms. The number of fused-ring (bicyclic) bond motifs is 1. The summed E-state index contributed by atoms with van der Waals surface area (Å²) in [5, 5.41) is 2.92. The number of rotatable bonds is 5. The molecule has 1 aromatic heterocycles. The van der Waals surface area contributed by atoms with Crippen molar-refractivity contribution in [3.8, 4) is 0 Å². The number of hydrogen-bond donors (Lipinski definition) is 1. The van der Waals surface area contributed by atoms with Crippen LogP contribution >= 0.6 is 0 Å².